The van der Waals surface area contributed by atoms with E-state index in [9.17, 15) is 19.2 Å². The average molecular weight is 511 g/mol. The molecule has 6 unspecified atom stereocenters. The van der Waals surface area contributed by atoms with Gasteiger partial charge in [-0.3, -0.25) is 9.59 Å². The minimum absolute atomic E-state index is 0.0442. The third-order valence-corrected chi connectivity index (χ3v) is 7.29. The lowest BCUT2D eigenvalue weighted by atomic mass is 9.89. The Labute approximate surface area is 213 Å². The molecule has 10 heteroatoms. The molecule has 4 rings (SSSR count). The lowest BCUT2D eigenvalue weighted by Crippen LogP contribution is -2.41. The summed E-state index contributed by atoms with van der Waals surface area (Å²) in [5.74, 6) is -0.783. The average Bonchev–Trinajstić information content (AvgIpc) is 3.54. The number of carbonyl (C=O) groups excluding carboxylic acids is 4. The van der Waals surface area contributed by atoms with Crippen molar-refractivity contribution < 1.29 is 38.1 Å². The molecule has 0 aliphatic carbocycles. The smallest absolute Gasteiger partial charge is 0.410 e. The molecule has 36 heavy (non-hydrogen) atoms. The predicted octanol–water partition coefficient (Wildman–Crippen LogP) is 3.89. The van der Waals surface area contributed by atoms with Crippen LogP contribution in [0.3, 0.4) is 0 Å². The summed E-state index contributed by atoms with van der Waals surface area (Å²) in [7, 11) is 2.79. The first-order valence-corrected chi connectivity index (χ1v) is 12.8. The number of nitrogens with zero attached hydrogens (tertiary/aromatic N) is 2. The Hall–Kier alpha value is -2.52. The molecular weight excluding hydrogens is 468 g/mol. The van der Waals surface area contributed by atoms with Crippen LogP contribution in [0.25, 0.3) is 0 Å². The molecule has 0 aromatic heterocycles. The number of rotatable bonds is 2. The summed E-state index contributed by atoms with van der Waals surface area (Å²) in [6.07, 6.45) is 4.44. The van der Waals surface area contributed by atoms with Gasteiger partial charge in [0, 0.05) is 24.2 Å². The van der Waals surface area contributed by atoms with Crippen LogP contribution in [0.5, 0.6) is 0 Å². The van der Waals surface area contributed by atoms with Gasteiger partial charge in [-0.1, -0.05) is 0 Å². The summed E-state index contributed by atoms with van der Waals surface area (Å²) in [5.41, 5.74) is -1.00. The third-order valence-electron chi connectivity index (χ3n) is 7.29. The van der Waals surface area contributed by atoms with Gasteiger partial charge in [0.2, 0.25) is 0 Å². The van der Waals surface area contributed by atoms with Crippen LogP contribution in [0.15, 0.2) is 0 Å². The van der Waals surface area contributed by atoms with E-state index in [1.165, 1.54) is 14.2 Å². The monoisotopic (exact) mass is 510 g/mol. The lowest BCUT2D eigenvalue weighted by Gasteiger charge is -2.27. The molecule has 204 valence electrons. The van der Waals surface area contributed by atoms with Crippen LogP contribution in [0.4, 0.5) is 9.59 Å². The first-order chi connectivity index (χ1) is 16.7. The number of ether oxygens (including phenoxy) is 4. The van der Waals surface area contributed by atoms with Gasteiger partial charge in [0.15, 0.2) is 0 Å². The Bertz CT molecular complexity index is 791. The molecule has 2 amide bonds. The summed E-state index contributed by atoms with van der Waals surface area (Å²) in [4.78, 5) is 51.1. The fourth-order valence-electron chi connectivity index (χ4n) is 5.99. The highest BCUT2D eigenvalue weighted by Crippen LogP contribution is 2.44. The lowest BCUT2D eigenvalue weighted by molar-refractivity contribution is -0.147. The molecule has 0 saturated carbocycles. The molecule has 6 atom stereocenters. The Kier molecular flexibility index (Phi) is 8.15. The molecule has 0 aromatic carbocycles. The van der Waals surface area contributed by atoms with Crippen molar-refractivity contribution in [1.82, 2.24) is 9.80 Å². The summed E-state index contributed by atoms with van der Waals surface area (Å²) >= 11 is 0. The third kappa shape index (κ3) is 6.06. The molecule has 4 fully saturated rings. The zero-order valence-corrected chi connectivity index (χ0v) is 22.9. The van der Waals surface area contributed by atoms with Crippen LogP contribution >= 0.6 is 0 Å². The fourth-order valence-corrected chi connectivity index (χ4v) is 5.99. The number of hydrogen-bond acceptors (Lipinski definition) is 8. The maximum atomic E-state index is 12.1. The summed E-state index contributed by atoms with van der Waals surface area (Å²) < 4.78 is 20.4. The standard InChI is InChI=1S/2C13H21NO4/c2*1-13(2,3)18-12(16)14-8-5-6-10(14)9(7-8)11(15)17-4/h2*8-10H,5-7H2,1-4H3. The van der Waals surface area contributed by atoms with Crippen LogP contribution in [0, 0.1) is 11.8 Å². The van der Waals surface area contributed by atoms with Gasteiger partial charge in [-0.15, -0.1) is 0 Å². The van der Waals surface area contributed by atoms with E-state index in [4.69, 9.17) is 18.9 Å². The van der Waals surface area contributed by atoms with Gasteiger partial charge in [0.1, 0.15) is 11.2 Å². The highest BCUT2D eigenvalue weighted by molar-refractivity contribution is 5.78. The van der Waals surface area contributed by atoms with Crippen molar-refractivity contribution in [3.05, 3.63) is 0 Å². The van der Waals surface area contributed by atoms with Crippen LogP contribution in [-0.4, -0.2) is 83.5 Å². The van der Waals surface area contributed by atoms with Crippen molar-refractivity contribution in [2.24, 2.45) is 11.8 Å². The van der Waals surface area contributed by atoms with E-state index in [0.29, 0.717) is 12.8 Å². The topological polar surface area (TPSA) is 112 Å². The summed E-state index contributed by atoms with van der Waals surface area (Å²) in [6.45, 7) is 11.1. The maximum absolute atomic E-state index is 12.1. The first kappa shape index (κ1) is 28.1. The fraction of sp³-hybridized carbons (Fsp3) is 0.846. The molecular formula is C26H42N2O8. The first-order valence-electron chi connectivity index (χ1n) is 12.8. The number of carbonyl (C=O) groups is 4. The molecule has 4 aliphatic heterocycles. The largest absolute Gasteiger partial charge is 0.469 e. The van der Waals surface area contributed by atoms with Crippen LogP contribution in [-0.2, 0) is 28.5 Å². The van der Waals surface area contributed by atoms with Crippen molar-refractivity contribution in [3.8, 4) is 0 Å². The van der Waals surface area contributed by atoms with E-state index < -0.39 is 11.2 Å². The molecule has 10 nitrogen and oxygen atoms in total. The molecule has 4 saturated heterocycles. The van der Waals surface area contributed by atoms with Gasteiger partial charge in [-0.25, -0.2) is 9.59 Å². The Morgan fingerprint density at radius 2 is 0.944 bits per heavy atom. The summed E-state index contributed by atoms with van der Waals surface area (Å²) in [5, 5.41) is 0. The van der Waals surface area contributed by atoms with Gasteiger partial charge in [-0.2, -0.15) is 0 Å². The van der Waals surface area contributed by atoms with Crippen LogP contribution in [0.2, 0.25) is 0 Å². The molecule has 4 bridgehead atoms. The number of methoxy groups -OCH3 is 2. The molecule has 0 aromatic rings. The maximum Gasteiger partial charge on any atom is 0.410 e. The number of esters is 2. The normalized spacial score (nSPS) is 30.4. The van der Waals surface area contributed by atoms with Gasteiger partial charge in [-0.05, 0) is 80.1 Å². The Morgan fingerprint density at radius 1 is 0.611 bits per heavy atom. The molecule has 0 spiro atoms. The van der Waals surface area contributed by atoms with Gasteiger partial charge >= 0.3 is 24.1 Å². The van der Waals surface area contributed by atoms with Gasteiger partial charge in [0.25, 0.3) is 0 Å². The minimum atomic E-state index is -0.500. The van der Waals surface area contributed by atoms with E-state index in [1.54, 1.807) is 9.80 Å². The zero-order valence-electron chi connectivity index (χ0n) is 22.9. The molecule has 0 radical (unpaired) electrons. The number of fused-ring (bicyclic) bond motifs is 4. The van der Waals surface area contributed by atoms with E-state index in [-0.39, 0.29) is 60.1 Å². The summed E-state index contributed by atoms with van der Waals surface area (Å²) in [6, 6.07) is 0.178. The van der Waals surface area contributed by atoms with Crippen LogP contribution < -0.4 is 0 Å². The second kappa shape index (κ2) is 10.5. The second-order valence-corrected chi connectivity index (χ2v) is 12.1. The minimum Gasteiger partial charge on any atom is -0.469 e. The second-order valence-electron chi connectivity index (χ2n) is 12.1. The molecule has 4 aliphatic rings. The highest BCUT2D eigenvalue weighted by atomic mass is 16.6. The predicted molar refractivity (Wildman–Crippen MR) is 130 cm³/mol. The van der Waals surface area contributed by atoms with E-state index >= 15 is 0 Å². The van der Waals surface area contributed by atoms with E-state index in [0.717, 1.165) is 25.7 Å². The SMILES string of the molecule is COC(=O)C1CC2CCC1N2C(=O)OC(C)(C)C.COC(=O)C1CC2CCC1N2C(=O)OC(C)(C)C. The van der Waals surface area contributed by atoms with E-state index in [2.05, 4.69) is 0 Å². The Balaban J connectivity index is 0.000000201. The zero-order chi connectivity index (χ0) is 27.0. The van der Waals surface area contributed by atoms with Crippen molar-refractivity contribution in [1.29, 1.82) is 0 Å². The molecule has 4 heterocycles. The van der Waals surface area contributed by atoms with Crippen molar-refractivity contribution in [2.75, 3.05) is 14.2 Å². The Morgan fingerprint density at radius 3 is 1.22 bits per heavy atom. The highest BCUT2D eigenvalue weighted by Gasteiger charge is 2.54. The van der Waals surface area contributed by atoms with Crippen molar-refractivity contribution >= 4 is 24.1 Å². The van der Waals surface area contributed by atoms with Crippen molar-refractivity contribution in [3.63, 3.8) is 0 Å². The van der Waals surface area contributed by atoms with Gasteiger partial charge < -0.3 is 28.7 Å². The molecule has 0 N–H and O–H groups in total. The quantitative estimate of drug-likeness (QED) is 0.406. The van der Waals surface area contributed by atoms with Crippen molar-refractivity contribution in [2.45, 2.75) is 115 Å². The van der Waals surface area contributed by atoms with E-state index in [1.807, 2.05) is 41.5 Å². The number of hydrogen-bond donors (Lipinski definition) is 0. The van der Waals surface area contributed by atoms with Gasteiger partial charge in [0.05, 0.1) is 26.1 Å². The number of amides is 2. The van der Waals surface area contributed by atoms with Crippen LogP contribution in [0.1, 0.15) is 80.1 Å².